The largest absolute Gasteiger partial charge is 0.481 e. The summed E-state index contributed by atoms with van der Waals surface area (Å²) in [7, 11) is 0. The minimum absolute atomic E-state index is 0.476. The summed E-state index contributed by atoms with van der Waals surface area (Å²) in [5, 5.41) is 33.5. The van der Waals surface area contributed by atoms with Gasteiger partial charge in [-0.1, -0.05) is 0 Å². The van der Waals surface area contributed by atoms with E-state index >= 15 is 0 Å². The second kappa shape index (κ2) is 4.79. The summed E-state index contributed by atoms with van der Waals surface area (Å²) >= 11 is 0. The van der Waals surface area contributed by atoms with Gasteiger partial charge in [0.25, 0.3) is 0 Å². The van der Waals surface area contributed by atoms with Crippen LogP contribution in [-0.2, 0) is 9.59 Å². The number of hydrogen-bond donors (Lipinski definition) is 4. The van der Waals surface area contributed by atoms with Crippen molar-refractivity contribution in [3.63, 3.8) is 0 Å². The summed E-state index contributed by atoms with van der Waals surface area (Å²) in [5.41, 5.74) is 0. The molecule has 15 heavy (non-hydrogen) atoms. The summed E-state index contributed by atoms with van der Waals surface area (Å²) < 4.78 is 0. The van der Waals surface area contributed by atoms with Crippen molar-refractivity contribution in [2.45, 2.75) is 12.5 Å². The van der Waals surface area contributed by atoms with Crippen molar-refractivity contribution in [2.24, 2.45) is 0 Å². The van der Waals surface area contributed by atoms with Crippen molar-refractivity contribution >= 4 is 24.1 Å². The number of amides is 2. The maximum absolute atomic E-state index is 10.5. The summed E-state index contributed by atoms with van der Waals surface area (Å²) in [4.78, 5) is 40.9. The second-order valence-electron chi connectivity index (χ2n) is 2.39. The van der Waals surface area contributed by atoms with Crippen molar-refractivity contribution in [2.75, 3.05) is 0 Å². The molecule has 9 heteroatoms. The highest BCUT2D eigenvalue weighted by Crippen LogP contribution is 2.06. The third-order valence-electron chi connectivity index (χ3n) is 1.38. The second-order valence-corrected chi connectivity index (χ2v) is 2.39. The Bertz CT molecular complexity index is 296. The highest BCUT2D eigenvalue weighted by molar-refractivity contribution is 5.93. The molecule has 0 fully saturated rings. The minimum atomic E-state index is -2.16. The molecule has 0 saturated heterocycles. The molecule has 0 aliphatic heterocycles. The summed E-state index contributed by atoms with van der Waals surface area (Å²) in [6, 6.07) is -2.16. The normalized spacial score (nSPS) is 11.5. The van der Waals surface area contributed by atoms with Crippen LogP contribution in [0.5, 0.6) is 0 Å². The van der Waals surface area contributed by atoms with Gasteiger partial charge in [-0.05, 0) is 0 Å². The molecule has 0 aliphatic rings. The van der Waals surface area contributed by atoms with E-state index in [1.807, 2.05) is 0 Å². The maximum Gasteiger partial charge on any atom is 0.417 e. The zero-order chi connectivity index (χ0) is 12.2. The molecule has 0 bridgehead atoms. The van der Waals surface area contributed by atoms with E-state index in [9.17, 15) is 19.2 Å². The Balaban J connectivity index is 5.01. The van der Waals surface area contributed by atoms with Gasteiger partial charge in [-0.15, -0.1) is 0 Å². The Labute approximate surface area is 82.1 Å². The van der Waals surface area contributed by atoms with E-state index in [0.717, 1.165) is 0 Å². The SMILES string of the molecule is O=C(O)CC(C(=O)O)N(C(=O)O)C(=O)O. The molecular formula is C6H7NO8. The molecule has 0 radical (unpaired) electrons. The Hall–Kier alpha value is -2.32. The lowest BCUT2D eigenvalue weighted by atomic mass is 10.2. The fourth-order valence-corrected chi connectivity index (χ4v) is 0.803. The lowest BCUT2D eigenvalue weighted by Gasteiger charge is -2.19. The van der Waals surface area contributed by atoms with Crippen LogP contribution >= 0.6 is 0 Å². The van der Waals surface area contributed by atoms with E-state index in [0.29, 0.717) is 0 Å². The number of carboxylic acids is 2. The van der Waals surface area contributed by atoms with Crippen LogP contribution in [0.15, 0.2) is 0 Å². The van der Waals surface area contributed by atoms with Crippen LogP contribution in [-0.4, -0.2) is 55.5 Å². The molecule has 9 nitrogen and oxygen atoms in total. The van der Waals surface area contributed by atoms with Crippen molar-refractivity contribution in [1.82, 2.24) is 4.90 Å². The molecule has 0 aromatic rings. The van der Waals surface area contributed by atoms with Crippen LogP contribution in [0, 0.1) is 0 Å². The van der Waals surface area contributed by atoms with Gasteiger partial charge in [0.2, 0.25) is 0 Å². The first-order valence-electron chi connectivity index (χ1n) is 3.47. The molecule has 0 spiro atoms. The van der Waals surface area contributed by atoms with Crippen molar-refractivity contribution < 1.29 is 39.6 Å². The van der Waals surface area contributed by atoms with E-state index in [4.69, 9.17) is 20.4 Å². The number of rotatable bonds is 4. The first-order valence-corrected chi connectivity index (χ1v) is 3.47. The standard InChI is InChI=1S/C6H7NO8/c8-3(9)1-2(4(10)11)7(5(12)13)6(14)15/h2H,1H2,(H,8,9)(H,10,11)(H,12,13)(H,14,15). The van der Waals surface area contributed by atoms with Gasteiger partial charge in [0, 0.05) is 0 Å². The molecule has 2 amide bonds. The van der Waals surface area contributed by atoms with Crippen molar-refractivity contribution in [3.8, 4) is 0 Å². The van der Waals surface area contributed by atoms with E-state index in [1.165, 1.54) is 0 Å². The Morgan fingerprint density at radius 1 is 0.933 bits per heavy atom. The van der Waals surface area contributed by atoms with Gasteiger partial charge in [0.1, 0.15) is 0 Å². The Morgan fingerprint density at radius 3 is 1.53 bits per heavy atom. The van der Waals surface area contributed by atoms with E-state index in [2.05, 4.69) is 0 Å². The molecule has 0 aromatic carbocycles. The Kier molecular flexibility index (Phi) is 4.05. The summed E-state index contributed by atoms with van der Waals surface area (Å²) in [6.07, 6.45) is -5.22. The van der Waals surface area contributed by atoms with Gasteiger partial charge in [-0.3, -0.25) is 4.79 Å². The average Bonchev–Trinajstić information content (AvgIpc) is 2.00. The molecule has 84 valence electrons. The molecular weight excluding hydrogens is 214 g/mol. The van der Waals surface area contributed by atoms with Crippen LogP contribution < -0.4 is 0 Å². The van der Waals surface area contributed by atoms with Crippen molar-refractivity contribution in [3.05, 3.63) is 0 Å². The smallest absolute Gasteiger partial charge is 0.417 e. The van der Waals surface area contributed by atoms with E-state index in [-0.39, 0.29) is 0 Å². The fourth-order valence-electron chi connectivity index (χ4n) is 0.803. The molecule has 1 unspecified atom stereocenters. The van der Waals surface area contributed by atoms with Gasteiger partial charge >= 0.3 is 24.1 Å². The average molecular weight is 221 g/mol. The molecule has 1 atom stereocenters. The van der Waals surface area contributed by atoms with Crippen molar-refractivity contribution in [1.29, 1.82) is 0 Å². The fraction of sp³-hybridized carbons (Fsp3) is 0.333. The zero-order valence-corrected chi connectivity index (χ0v) is 7.15. The third-order valence-corrected chi connectivity index (χ3v) is 1.38. The predicted molar refractivity (Wildman–Crippen MR) is 41.6 cm³/mol. The molecule has 0 heterocycles. The van der Waals surface area contributed by atoms with Crippen LogP contribution in [0.2, 0.25) is 0 Å². The Morgan fingerprint density at radius 2 is 1.33 bits per heavy atom. The number of carboxylic acid groups (broad SMARTS) is 4. The highest BCUT2D eigenvalue weighted by Gasteiger charge is 2.36. The van der Waals surface area contributed by atoms with E-state index < -0.39 is 41.5 Å². The molecule has 0 aliphatic carbocycles. The van der Waals surface area contributed by atoms with Gasteiger partial charge < -0.3 is 20.4 Å². The number of imide groups is 1. The lowest BCUT2D eigenvalue weighted by Crippen LogP contribution is -2.48. The number of carbonyl (C=O) groups is 4. The minimum Gasteiger partial charge on any atom is -0.481 e. The third kappa shape index (κ3) is 3.50. The number of hydrogen-bond acceptors (Lipinski definition) is 4. The van der Waals surface area contributed by atoms with Crippen LogP contribution in [0.3, 0.4) is 0 Å². The summed E-state index contributed by atoms with van der Waals surface area (Å²) in [5.74, 6) is -3.46. The summed E-state index contributed by atoms with van der Waals surface area (Å²) in [6.45, 7) is 0. The quantitative estimate of drug-likeness (QED) is 0.498. The topological polar surface area (TPSA) is 152 Å². The van der Waals surface area contributed by atoms with Gasteiger partial charge in [0.15, 0.2) is 6.04 Å². The molecule has 0 aromatic heterocycles. The highest BCUT2D eigenvalue weighted by atomic mass is 16.4. The van der Waals surface area contributed by atoms with E-state index in [1.54, 1.807) is 0 Å². The first kappa shape index (κ1) is 12.7. The van der Waals surface area contributed by atoms with Crippen LogP contribution in [0.1, 0.15) is 6.42 Å². The predicted octanol–water partition coefficient (Wildman–Crippen LogP) is -0.428. The lowest BCUT2D eigenvalue weighted by molar-refractivity contribution is -0.148. The first-order chi connectivity index (χ1) is 6.77. The van der Waals surface area contributed by atoms with Crippen LogP contribution in [0.4, 0.5) is 9.59 Å². The zero-order valence-electron chi connectivity index (χ0n) is 7.15. The molecule has 0 saturated carbocycles. The molecule has 4 N–H and O–H groups in total. The molecule has 0 rings (SSSR count). The van der Waals surface area contributed by atoms with Gasteiger partial charge in [-0.25, -0.2) is 14.4 Å². The monoisotopic (exact) mass is 221 g/mol. The number of nitrogens with zero attached hydrogens (tertiary/aromatic N) is 1. The number of aliphatic carboxylic acids is 2. The van der Waals surface area contributed by atoms with Gasteiger partial charge in [-0.2, -0.15) is 4.90 Å². The van der Waals surface area contributed by atoms with Gasteiger partial charge in [0.05, 0.1) is 6.42 Å². The maximum atomic E-state index is 10.5. The van der Waals surface area contributed by atoms with Crippen LogP contribution in [0.25, 0.3) is 0 Å².